The van der Waals surface area contributed by atoms with Crippen LogP contribution >= 0.6 is 0 Å². The zero-order valence-corrected chi connectivity index (χ0v) is 16.8. The topological polar surface area (TPSA) is 118 Å². The Balaban J connectivity index is 1.41. The number of hydrogen-bond acceptors (Lipinski definition) is 7. The highest BCUT2D eigenvalue weighted by Gasteiger charge is 2.38. The molecular weight excluding hydrogens is 434 g/mol. The van der Waals surface area contributed by atoms with Crippen molar-refractivity contribution in [2.45, 2.75) is 12.5 Å². The van der Waals surface area contributed by atoms with Gasteiger partial charge in [-0.3, -0.25) is 4.79 Å². The van der Waals surface area contributed by atoms with Crippen LogP contribution in [0, 0.1) is 11.6 Å². The molecule has 1 aliphatic rings. The summed E-state index contributed by atoms with van der Waals surface area (Å²) in [7, 11) is 0. The fourth-order valence-corrected chi connectivity index (χ4v) is 4.00. The largest absolute Gasteiger partial charge is 0.411 e. The number of aromatic nitrogens is 7. The Labute approximate surface area is 183 Å². The smallest absolute Gasteiger partial charge is 0.312 e. The summed E-state index contributed by atoms with van der Waals surface area (Å²) >= 11 is 0. The van der Waals surface area contributed by atoms with Crippen LogP contribution in [0.2, 0.25) is 0 Å². The third-order valence-electron chi connectivity index (χ3n) is 5.50. The Hall–Kier alpha value is -4.48. The minimum atomic E-state index is -0.714. The maximum absolute atomic E-state index is 14.3. The molecule has 0 bridgehead atoms. The highest BCUT2D eigenvalue weighted by atomic mass is 19.1. The first-order chi connectivity index (χ1) is 16.1. The second kappa shape index (κ2) is 7.29. The molecule has 0 aliphatic carbocycles. The number of fused-ring (bicyclic) bond motifs is 2. The second-order valence-corrected chi connectivity index (χ2v) is 7.42. The molecule has 1 amide bonds. The fourth-order valence-electron chi connectivity index (χ4n) is 4.00. The van der Waals surface area contributed by atoms with Crippen LogP contribution in [0.4, 0.5) is 8.78 Å². The van der Waals surface area contributed by atoms with E-state index in [0.717, 1.165) is 5.69 Å². The molecular formula is C21H14F2N8O2. The van der Waals surface area contributed by atoms with Crippen molar-refractivity contribution in [1.29, 1.82) is 0 Å². The summed E-state index contributed by atoms with van der Waals surface area (Å²) < 4.78 is 35.2. The van der Waals surface area contributed by atoms with E-state index in [9.17, 15) is 13.6 Å². The average molecular weight is 448 g/mol. The van der Waals surface area contributed by atoms with Gasteiger partial charge < -0.3 is 14.3 Å². The van der Waals surface area contributed by atoms with Gasteiger partial charge in [-0.15, -0.1) is 10.2 Å². The predicted octanol–water partition coefficient (Wildman–Crippen LogP) is 2.57. The molecule has 0 unspecified atom stereocenters. The lowest BCUT2D eigenvalue weighted by molar-refractivity contribution is 0.0646. The number of imidazole rings is 1. The first-order valence-corrected chi connectivity index (χ1v) is 10.0. The number of amides is 1. The number of aromatic amines is 1. The van der Waals surface area contributed by atoms with Crippen LogP contribution in [-0.2, 0) is 6.42 Å². The molecule has 6 heterocycles. The summed E-state index contributed by atoms with van der Waals surface area (Å²) in [6.07, 6.45) is 5.05. The van der Waals surface area contributed by atoms with E-state index in [2.05, 4.69) is 30.2 Å². The molecule has 5 aromatic rings. The van der Waals surface area contributed by atoms with E-state index in [1.807, 2.05) is 0 Å². The van der Waals surface area contributed by atoms with Crippen molar-refractivity contribution in [2.24, 2.45) is 0 Å². The zero-order valence-electron chi connectivity index (χ0n) is 16.8. The van der Waals surface area contributed by atoms with E-state index in [1.165, 1.54) is 40.1 Å². The number of carbonyl (C=O) groups excluding carboxylic acids is 1. The molecule has 0 saturated carbocycles. The van der Waals surface area contributed by atoms with E-state index in [-0.39, 0.29) is 23.0 Å². The second-order valence-electron chi connectivity index (χ2n) is 7.42. The molecule has 0 spiro atoms. The molecule has 0 radical (unpaired) electrons. The highest BCUT2D eigenvalue weighted by molar-refractivity contribution is 5.90. The molecule has 33 heavy (non-hydrogen) atoms. The van der Waals surface area contributed by atoms with Crippen LogP contribution in [-0.4, -0.2) is 52.1 Å². The summed E-state index contributed by atoms with van der Waals surface area (Å²) in [5.41, 5.74) is 1.99. The molecule has 12 heteroatoms. The molecule has 6 rings (SSSR count). The van der Waals surface area contributed by atoms with E-state index in [0.29, 0.717) is 24.4 Å². The first kappa shape index (κ1) is 19.2. The average Bonchev–Trinajstić information content (AvgIpc) is 3.57. The van der Waals surface area contributed by atoms with E-state index in [1.54, 1.807) is 18.3 Å². The number of carbonyl (C=O) groups is 1. The quantitative estimate of drug-likeness (QED) is 0.451. The van der Waals surface area contributed by atoms with Gasteiger partial charge in [-0.1, -0.05) is 0 Å². The number of nitrogens with one attached hydrogen (secondary N) is 1. The maximum atomic E-state index is 14.3. The van der Waals surface area contributed by atoms with Gasteiger partial charge in [-0.25, -0.2) is 23.3 Å². The normalized spacial score (nSPS) is 15.7. The van der Waals surface area contributed by atoms with Crippen molar-refractivity contribution in [3.05, 3.63) is 83.7 Å². The molecule has 0 fully saturated rings. The van der Waals surface area contributed by atoms with Gasteiger partial charge in [0.15, 0.2) is 11.5 Å². The van der Waals surface area contributed by atoms with Gasteiger partial charge in [0, 0.05) is 31.1 Å². The van der Waals surface area contributed by atoms with Gasteiger partial charge in [-0.2, -0.15) is 5.10 Å². The van der Waals surface area contributed by atoms with Crippen molar-refractivity contribution in [1.82, 2.24) is 39.7 Å². The molecule has 1 N–H and O–H groups in total. The first-order valence-electron chi connectivity index (χ1n) is 10.0. The SMILES string of the molecule is O=C(c1nnc(-c2ncccc2F)o1)N1CCc2[nH]cnc2[C@@H]1c1cc2c(F)cccn2n1. The molecule has 5 aromatic heterocycles. The number of pyridine rings is 2. The number of H-pyrrole nitrogens is 1. The Morgan fingerprint density at radius 3 is 2.88 bits per heavy atom. The molecule has 0 saturated heterocycles. The standard InChI is InChI=1S/C21H14F2N8O2/c22-11-4-2-7-31-15(11)9-14(29-31)18-17-13(25-10-26-17)5-8-30(18)21(32)20-28-27-19(33-20)16-12(23)3-1-6-24-16/h1-4,6-7,9-10,18H,5,8H2,(H,25,26)/t18-/m0/s1. The molecule has 1 aliphatic heterocycles. The van der Waals surface area contributed by atoms with Crippen molar-refractivity contribution in [3.63, 3.8) is 0 Å². The van der Waals surface area contributed by atoms with Gasteiger partial charge in [-0.05, 0) is 30.3 Å². The van der Waals surface area contributed by atoms with Crippen molar-refractivity contribution >= 4 is 11.4 Å². The minimum absolute atomic E-state index is 0.148. The zero-order chi connectivity index (χ0) is 22.5. The lowest BCUT2D eigenvalue weighted by Crippen LogP contribution is -2.41. The van der Waals surface area contributed by atoms with Crippen LogP contribution in [0.1, 0.15) is 33.8 Å². The number of rotatable bonds is 3. The monoisotopic (exact) mass is 448 g/mol. The minimum Gasteiger partial charge on any atom is -0.411 e. The van der Waals surface area contributed by atoms with Crippen LogP contribution in [0.3, 0.4) is 0 Å². The third kappa shape index (κ3) is 3.06. The van der Waals surface area contributed by atoms with Crippen molar-refractivity contribution in [3.8, 4) is 11.6 Å². The summed E-state index contributed by atoms with van der Waals surface area (Å²) in [4.78, 5) is 26.2. The summed E-state index contributed by atoms with van der Waals surface area (Å²) in [6.45, 7) is 0.296. The Bertz CT molecular complexity index is 1510. The summed E-state index contributed by atoms with van der Waals surface area (Å²) in [6, 6.07) is 6.37. The van der Waals surface area contributed by atoms with Gasteiger partial charge >= 0.3 is 11.8 Å². The number of hydrogen-bond donors (Lipinski definition) is 1. The Kier molecular flexibility index (Phi) is 4.25. The lowest BCUT2D eigenvalue weighted by Gasteiger charge is -2.32. The van der Waals surface area contributed by atoms with E-state index < -0.39 is 23.6 Å². The summed E-state index contributed by atoms with van der Waals surface area (Å²) in [5, 5.41) is 12.1. The molecule has 10 nitrogen and oxygen atoms in total. The molecule has 0 aromatic carbocycles. The van der Waals surface area contributed by atoms with Crippen molar-refractivity contribution < 1.29 is 18.0 Å². The van der Waals surface area contributed by atoms with E-state index in [4.69, 9.17) is 4.42 Å². The highest BCUT2D eigenvalue weighted by Crippen LogP contribution is 2.34. The van der Waals surface area contributed by atoms with Crippen LogP contribution in [0.5, 0.6) is 0 Å². The van der Waals surface area contributed by atoms with Crippen LogP contribution in [0.25, 0.3) is 17.1 Å². The van der Waals surface area contributed by atoms with Crippen molar-refractivity contribution in [2.75, 3.05) is 6.54 Å². The van der Waals surface area contributed by atoms with Gasteiger partial charge in [0.2, 0.25) is 0 Å². The van der Waals surface area contributed by atoms with Crippen LogP contribution in [0.15, 0.2) is 53.5 Å². The maximum Gasteiger partial charge on any atom is 0.312 e. The van der Waals surface area contributed by atoms with E-state index >= 15 is 0 Å². The Morgan fingerprint density at radius 1 is 1.15 bits per heavy atom. The fraction of sp³-hybridized carbons (Fsp3) is 0.143. The Morgan fingerprint density at radius 2 is 2.03 bits per heavy atom. The predicted molar refractivity (Wildman–Crippen MR) is 108 cm³/mol. The number of halogens is 2. The van der Waals surface area contributed by atoms with Crippen LogP contribution < -0.4 is 0 Å². The van der Waals surface area contributed by atoms with Gasteiger partial charge in [0.05, 0.1) is 17.7 Å². The van der Waals surface area contributed by atoms with Gasteiger partial charge in [0.25, 0.3) is 5.89 Å². The van der Waals surface area contributed by atoms with Gasteiger partial charge in [0.1, 0.15) is 17.4 Å². The molecule has 1 atom stereocenters. The third-order valence-corrected chi connectivity index (χ3v) is 5.50. The number of nitrogens with zero attached hydrogens (tertiary/aromatic N) is 7. The lowest BCUT2D eigenvalue weighted by atomic mass is 9.99. The summed E-state index contributed by atoms with van der Waals surface area (Å²) in [5.74, 6) is -2.20. The molecule has 164 valence electrons.